The van der Waals surface area contributed by atoms with Crippen molar-refractivity contribution in [3.63, 3.8) is 0 Å². The monoisotopic (exact) mass is 488 g/mol. The average Bonchev–Trinajstić information content (AvgIpc) is 3.20. The molecule has 0 spiro atoms. The molecular weight excluding hydrogens is 460 g/mol. The highest BCUT2D eigenvalue weighted by Crippen LogP contribution is 2.37. The Bertz CT molecular complexity index is 1250. The molecule has 1 aromatic carbocycles. The minimum atomic E-state index is -0.140. The first-order chi connectivity index (χ1) is 17.0. The Hall–Kier alpha value is -3.70. The first kappa shape index (κ1) is 24.4. The number of hydrogen-bond acceptors (Lipinski definition) is 6. The lowest BCUT2D eigenvalue weighted by atomic mass is 9.97. The zero-order chi connectivity index (χ0) is 24.8. The van der Waals surface area contributed by atoms with E-state index in [0.717, 1.165) is 27.3 Å². The Morgan fingerprint density at radius 2 is 2.17 bits per heavy atom. The number of benzene rings is 1. The molecule has 1 atom stereocenters. The van der Waals surface area contributed by atoms with Gasteiger partial charge in [-0.2, -0.15) is 5.26 Å². The molecule has 35 heavy (non-hydrogen) atoms. The second kappa shape index (κ2) is 11.2. The van der Waals surface area contributed by atoms with E-state index in [2.05, 4.69) is 16.4 Å². The lowest BCUT2D eigenvalue weighted by molar-refractivity contribution is -0.131. The van der Waals surface area contributed by atoms with E-state index in [1.807, 2.05) is 55.1 Å². The second-order valence-electron chi connectivity index (χ2n) is 8.58. The summed E-state index contributed by atoms with van der Waals surface area (Å²) in [6.45, 7) is 5.53. The van der Waals surface area contributed by atoms with Gasteiger partial charge in [0.1, 0.15) is 16.8 Å². The zero-order valence-corrected chi connectivity index (χ0v) is 20.7. The minimum Gasteiger partial charge on any atom is -0.494 e. The smallest absolute Gasteiger partial charge is 0.227 e. The minimum absolute atomic E-state index is 0.00359. The van der Waals surface area contributed by atoms with Crippen LogP contribution in [-0.2, 0) is 29.0 Å². The number of nitrogens with one attached hydrogen (secondary N) is 1. The first-order valence-corrected chi connectivity index (χ1v) is 12.5. The first-order valence-electron chi connectivity index (χ1n) is 11.7. The van der Waals surface area contributed by atoms with Crippen LogP contribution in [0.25, 0.3) is 0 Å². The number of anilines is 1. The van der Waals surface area contributed by atoms with Gasteiger partial charge in [-0.1, -0.05) is 25.1 Å². The molecule has 8 heteroatoms. The Kier molecular flexibility index (Phi) is 7.78. The summed E-state index contributed by atoms with van der Waals surface area (Å²) in [6.07, 6.45) is 4.58. The highest BCUT2D eigenvalue weighted by atomic mass is 32.1. The summed E-state index contributed by atoms with van der Waals surface area (Å²) in [5.74, 6) is 0.678. The Morgan fingerprint density at radius 3 is 2.91 bits per heavy atom. The van der Waals surface area contributed by atoms with Gasteiger partial charge in [0.2, 0.25) is 11.8 Å². The Morgan fingerprint density at radius 1 is 1.31 bits per heavy atom. The van der Waals surface area contributed by atoms with Crippen molar-refractivity contribution in [2.75, 3.05) is 18.5 Å². The van der Waals surface area contributed by atoms with E-state index < -0.39 is 0 Å². The van der Waals surface area contributed by atoms with Crippen LogP contribution >= 0.6 is 11.3 Å². The van der Waals surface area contributed by atoms with Crippen LogP contribution in [0, 0.1) is 11.3 Å². The molecule has 1 aliphatic rings. The van der Waals surface area contributed by atoms with Crippen molar-refractivity contribution < 1.29 is 14.3 Å². The molecule has 1 aliphatic heterocycles. The van der Waals surface area contributed by atoms with Crippen LogP contribution in [0.3, 0.4) is 0 Å². The SMILES string of the molecule is CCOc1cccc([C@@H](C)CC(=O)Nc2sc3c(c2C#N)CCN(C(=O)Cc2cccnc2)C3)c1. The molecule has 0 aliphatic carbocycles. The van der Waals surface area contributed by atoms with Crippen molar-refractivity contribution in [1.29, 1.82) is 5.26 Å². The molecule has 0 fully saturated rings. The van der Waals surface area contributed by atoms with Gasteiger partial charge in [-0.3, -0.25) is 14.6 Å². The molecule has 2 amide bonds. The molecule has 7 nitrogen and oxygen atoms in total. The topological polar surface area (TPSA) is 95.3 Å². The van der Waals surface area contributed by atoms with Crippen LogP contribution in [-0.4, -0.2) is 34.8 Å². The van der Waals surface area contributed by atoms with Gasteiger partial charge in [-0.15, -0.1) is 11.3 Å². The molecule has 2 aromatic heterocycles. The van der Waals surface area contributed by atoms with Gasteiger partial charge in [0.05, 0.1) is 25.1 Å². The lowest BCUT2D eigenvalue weighted by Crippen LogP contribution is -2.36. The molecular formula is C27H28N4O3S. The van der Waals surface area contributed by atoms with Gasteiger partial charge in [0, 0.05) is 30.2 Å². The van der Waals surface area contributed by atoms with Gasteiger partial charge in [0.25, 0.3) is 0 Å². The van der Waals surface area contributed by atoms with E-state index in [9.17, 15) is 14.9 Å². The van der Waals surface area contributed by atoms with Gasteiger partial charge >= 0.3 is 0 Å². The fourth-order valence-corrected chi connectivity index (χ4v) is 5.49. The molecule has 1 N–H and O–H groups in total. The lowest BCUT2D eigenvalue weighted by Gasteiger charge is -2.27. The molecule has 0 saturated carbocycles. The summed E-state index contributed by atoms with van der Waals surface area (Å²) in [5.41, 5.74) is 3.36. The maximum atomic E-state index is 12.8. The van der Waals surface area contributed by atoms with E-state index in [1.165, 1.54) is 11.3 Å². The summed E-state index contributed by atoms with van der Waals surface area (Å²) < 4.78 is 5.57. The maximum absolute atomic E-state index is 12.8. The van der Waals surface area contributed by atoms with E-state index >= 15 is 0 Å². The van der Waals surface area contributed by atoms with Crippen molar-refractivity contribution in [3.05, 3.63) is 75.9 Å². The highest BCUT2D eigenvalue weighted by Gasteiger charge is 2.28. The number of rotatable bonds is 8. The normalized spacial score (nSPS) is 13.5. The van der Waals surface area contributed by atoms with Gasteiger partial charge < -0.3 is 15.0 Å². The molecule has 0 bridgehead atoms. The Labute approximate surface area is 209 Å². The van der Waals surface area contributed by atoms with Gasteiger partial charge in [0.15, 0.2) is 0 Å². The van der Waals surface area contributed by atoms with Crippen molar-refractivity contribution in [2.45, 2.75) is 45.6 Å². The third kappa shape index (κ3) is 5.87. The fraction of sp³-hybridized carbons (Fsp3) is 0.333. The number of nitrogens with zero attached hydrogens (tertiary/aromatic N) is 3. The highest BCUT2D eigenvalue weighted by molar-refractivity contribution is 7.16. The van der Waals surface area contributed by atoms with Crippen LogP contribution < -0.4 is 10.1 Å². The van der Waals surface area contributed by atoms with E-state index in [4.69, 9.17) is 4.74 Å². The third-order valence-electron chi connectivity index (χ3n) is 6.08. The van der Waals surface area contributed by atoms with Crippen LogP contribution in [0.15, 0.2) is 48.8 Å². The maximum Gasteiger partial charge on any atom is 0.227 e. The van der Waals surface area contributed by atoms with Crippen molar-refractivity contribution >= 4 is 28.2 Å². The van der Waals surface area contributed by atoms with Crippen LogP contribution in [0.5, 0.6) is 5.75 Å². The summed E-state index contributed by atoms with van der Waals surface area (Å²) in [6, 6.07) is 13.8. The summed E-state index contributed by atoms with van der Waals surface area (Å²) in [5, 5.41) is 13.3. The van der Waals surface area contributed by atoms with E-state index in [0.29, 0.717) is 49.5 Å². The standard InChI is InChI=1S/C27H28N4O3S/c1-3-34-21-8-4-7-20(14-21)18(2)12-25(32)30-27-23(15-28)22-9-11-31(17-24(22)35-27)26(33)13-19-6-5-10-29-16-19/h4-8,10,14,16,18H,3,9,11-13,17H2,1-2H3,(H,30,32)/t18-/m0/s1. The zero-order valence-electron chi connectivity index (χ0n) is 19.9. The number of hydrogen-bond donors (Lipinski definition) is 1. The quantitative estimate of drug-likeness (QED) is 0.497. The number of thiophene rings is 1. The molecule has 3 aromatic rings. The average molecular weight is 489 g/mol. The van der Waals surface area contributed by atoms with E-state index in [-0.39, 0.29) is 17.7 Å². The summed E-state index contributed by atoms with van der Waals surface area (Å²) >= 11 is 1.39. The number of fused-ring (bicyclic) bond motifs is 1. The molecule has 0 unspecified atom stereocenters. The molecule has 180 valence electrons. The van der Waals surface area contributed by atoms with Gasteiger partial charge in [-0.25, -0.2) is 0 Å². The molecule has 4 rings (SSSR count). The van der Waals surface area contributed by atoms with Crippen LogP contribution in [0.4, 0.5) is 5.00 Å². The molecule has 0 saturated heterocycles. The van der Waals surface area contributed by atoms with Gasteiger partial charge in [-0.05, 0) is 54.2 Å². The molecule has 0 radical (unpaired) electrons. The fourth-order valence-electron chi connectivity index (χ4n) is 4.26. The van der Waals surface area contributed by atoms with Crippen molar-refractivity contribution in [3.8, 4) is 11.8 Å². The van der Waals surface area contributed by atoms with Crippen molar-refractivity contribution in [2.24, 2.45) is 0 Å². The third-order valence-corrected chi connectivity index (χ3v) is 7.21. The van der Waals surface area contributed by atoms with Crippen LogP contribution in [0.1, 0.15) is 53.3 Å². The number of carbonyl (C=O) groups excluding carboxylic acids is 2. The summed E-state index contributed by atoms with van der Waals surface area (Å²) in [4.78, 5) is 32.5. The predicted molar refractivity (Wildman–Crippen MR) is 135 cm³/mol. The number of aromatic nitrogens is 1. The summed E-state index contributed by atoms with van der Waals surface area (Å²) in [7, 11) is 0. The number of pyridine rings is 1. The number of ether oxygens (including phenoxy) is 1. The largest absolute Gasteiger partial charge is 0.494 e. The number of amides is 2. The number of carbonyl (C=O) groups is 2. The van der Waals surface area contributed by atoms with Crippen LogP contribution in [0.2, 0.25) is 0 Å². The van der Waals surface area contributed by atoms with E-state index in [1.54, 1.807) is 12.4 Å². The Balaban J connectivity index is 1.41. The predicted octanol–water partition coefficient (Wildman–Crippen LogP) is 4.67. The second-order valence-corrected chi connectivity index (χ2v) is 9.69. The van der Waals surface area contributed by atoms with Crippen molar-refractivity contribution in [1.82, 2.24) is 9.88 Å². The molecule has 3 heterocycles. The number of nitriles is 1.